The number of H-pyrrole nitrogens is 2. The number of rotatable bonds is 4. The minimum atomic E-state index is -1.16. The third-order valence-electron chi connectivity index (χ3n) is 9.19. The lowest BCUT2D eigenvalue weighted by Crippen LogP contribution is -2.08. The van der Waals surface area contributed by atoms with Crippen LogP contribution in [0.3, 0.4) is 0 Å². The lowest BCUT2D eigenvalue weighted by atomic mass is 10.0. The number of hydrogen-bond donors (Lipinski definition) is 3. The van der Waals surface area contributed by atoms with Crippen molar-refractivity contribution in [1.29, 1.82) is 0 Å². The zero-order chi connectivity index (χ0) is 33.4. The molecule has 3 N–H and O–H groups in total. The quantitative estimate of drug-likeness (QED) is 0.178. The number of nitrogens with one attached hydrogen (secondary N) is 2. The summed E-state index contributed by atoms with van der Waals surface area (Å²) in [4.78, 5) is 22.6. The Bertz CT molecular complexity index is 2590. The number of benzene rings is 4. The summed E-state index contributed by atoms with van der Waals surface area (Å²) in [6.45, 7) is 0. The van der Waals surface area contributed by atoms with Crippen molar-refractivity contribution in [2.75, 3.05) is 0 Å². The molecule has 2 aliphatic heterocycles. The summed E-state index contributed by atoms with van der Waals surface area (Å²) in [6.07, 6.45) is 4.71. The monoisotopic (exact) mass is 645 g/mol. The molecule has 0 aliphatic carbocycles. The van der Waals surface area contributed by atoms with Crippen molar-refractivity contribution in [2.24, 2.45) is 4.99 Å². The smallest absolute Gasteiger partial charge is 0.189 e. The number of aliphatic hydroxyl groups is 1. The van der Waals surface area contributed by atoms with Crippen LogP contribution in [0.15, 0.2) is 151 Å². The molecule has 50 heavy (non-hydrogen) atoms. The average Bonchev–Trinajstić information content (AvgIpc) is 3.95. The number of aliphatic imine (C=N–C) groups is 1. The minimum Gasteiger partial charge on any atom is -0.367 e. The molecule has 2 aliphatic rings. The van der Waals surface area contributed by atoms with Crippen molar-refractivity contribution < 1.29 is 5.11 Å². The maximum Gasteiger partial charge on any atom is 0.189 e. The van der Waals surface area contributed by atoms with Gasteiger partial charge >= 0.3 is 0 Å². The molecule has 238 valence electrons. The van der Waals surface area contributed by atoms with Crippen molar-refractivity contribution in [3.05, 3.63) is 168 Å². The van der Waals surface area contributed by atoms with Gasteiger partial charge in [0.25, 0.3) is 0 Å². The molecule has 0 saturated heterocycles. The fourth-order valence-electron chi connectivity index (χ4n) is 6.93. The van der Waals surface area contributed by atoms with Gasteiger partial charge in [-0.1, -0.05) is 121 Å². The predicted octanol–water partition coefficient (Wildman–Crippen LogP) is 10.3. The van der Waals surface area contributed by atoms with Crippen molar-refractivity contribution in [3.63, 3.8) is 0 Å². The van der Waals surface area contributed by atoms with Crippen LogP contribution < -0.4 is 0 Å². The van der Waals surface area contributed by atoms with Crippen molar-refractivity contribution >= 4 is 40.4 Å². The largest absolute Gasteiger partial charge is 0.367 e. The van der Waals surface area contributed by atoms with E-state index in [1.54, 1.807) is 6.21 Å². The number of aromatic nitrogens is 4. The van der Waals surface area contributed by atoms with E-state index in [-0.39, 0.29) is 0 Å². The second kappa shape index (κ2) is 12.4. The molecule has 8 bridgehead atoms. The topological polar surface area (TPSA) is 89.9 Å². The Morgan fingerprint density at radius 3 is 1.18 bits per heavy atom. The molecule has 0 spiro atoms. The van der Waals surface area contributed by atoms with E-state index in [2.05, 4.69) is 99.9 Å². The lowest BCUT2D eigenvalue weighted by molar-refractivity contribution is 0.183. The van der Waals surface area contributed by atoms with Gasteiger partial charge in [-0.3, -0.25) is 4.99 Å². The van der Waals surface area contributed by atoms with Crippen LogP contribution in [0.1, 0.15) is 29.0 Å². The number of aromatic amines is 2. The Balaban J connectivity index is 1.51. The maximum absolute atomic E-state index is 11.5. The van der Waals surface area contributed by atoms with Gasteiger partial charge in [0.2, 0.25) is 0 Å². The fourth-order valence-corrected chi connectivity index (χ4v) is 6.93. The first-order chi connectivity index (χ1) is 24.7. The SMILES string of the molecule is OC1N=Cc2nc1c(-c1ccccc1)c1ccc([nH]1)c(-c1ccccc1)c1nc(c(-c3ccccc3)c3ccc([nH]3)c2-c2ccccc2)C=C1. The number of aliphatic hydroxyl groups excluding tert-OH is 1. The van der Waals surface area contributed by atoms with Crippen molar-refractivity contribution in [2.45, 2.75) is 6.23 Å². The Hall–Kier alpha value is -6.63. The Kier molecular flexibility index (Phi) is 7.34. The fraction of sp³-hybridized carbons (Fsp3) is 0.0227. The van der Waals surface area contributed by atoms with E-state index in [4.69, 9.17) is 9.97 Å². The molecule has 0 radical (unpaired) electrons. The first-order valence-corrected chi connectivity index (χ1v) is 16.6. The molecule has 0 amide bonds. The molecule has 7 aromatic rings. The summed E-state index contributed by atoms with van der Waals surface area (Å²) in [6, 6.07) is 49.2. The highest BCUT2D eigenvalue weighted by molar-refractivity contribution is 6.00. The van der Waals surface area contributed by atoms with Crippen molar-refractivity contribution in [1.82, 2.24) is 19.9 Å². The predicted molar refractivity (Wildman–Crippen MR) is 204 cm³/mol. The molecular formula is C44H31N5O. The van der Waals surface area contributed by atoms with Gasteiger partial charge in [0.05, 0.1) is 23.3 Å². The molecule has 5 heterocycles. The number of nitrogens with zero attached hydrogens (tertiary/aromatic N) is 3. The first kappa shape index (κ1) is 29.5. The summed E-state index contributed by atoms with van der Waals surface area (Å²) < 4.78 is 0. The summed E-state index contributed by atoms with van der Waals surface area (Å²) in [5.74, 6) is 0. The van der Waals surface area contributed by atoms with Gasteiger partial charge in [-0.15, -0.1) is 0 Å². The second-order valence-corrected chi connectivity index (χ2v) is 12.3. The highest BCUT2D eigenvalue weighted by Gasteiger charge is 2.22. The van der Waals surface area contributed by atoms with Gasteiger partial charge in [-0.05, 0) is 58.7 Å². The average molecular weight is 646 g/mol. The second-order valence-electron chi connectivity index (χ2n) is 12.3. The van der Waals surface area contributed by atoms with Crippen LogP contribution in [0.5, 0.6) is 0 Å². The van der Waals surface area contributed by atoms with Crippen LogP contribution in [0.2, 0.25) is 0 Å². The third kappa shape index (κ3) is 5.25. The number of fused-ring (bicyclic) bond motifs is 8. The van der Waals surface area contributed by atoms with E-state index < -0.39 is 6.23 Å². The first-order valence-electron chi connectivity index (χ1n) is 16.6. The van der Waals surface area contributed by atoms with E-state index in [1.165, 1.54) is 0 Å². The molecule has 0 saturated carbocycles. The Morgan fingerprint density at radius 1 is 0.400 bits per heavy atom. The van der Waals surface area contributed by atoms with E-state index in [0.717, 1.165) is 78.0 Å². The normalized spacial score (nSPS) is 13.7. The van der Waals surface area contributed by atoms with E-state index in [1.807, 2.05) is 72.8 Å². The maximum atomic E-state index is 11.5. The van der Waals surface area contributed by atoms with Gasteiger partial charge in [0, 0.05) is 44.3 Å². The van der Waals surface area contributed by atoms with Crippen LogP contribution in [0.25, 0.3) is 78.7 Å². The van der Waals surface area contributed by atoms with Crippen LogP contribution in [0, 0.1) is 0 Å². The Labute approximate surface area is 288 Å². The van der Waals surface area contributed by atoms with Crippen LogP contribution in [0.4, 0.5) is 0 Å². The van der Waals surface area contributed by atoms with Gasteiger partial charge in [0.15, 0.2) is 6.23 Å². The lowest BCUT2D eigenvalue weighted by Gasteiger charge is -2.16. The summed E-state index contributed by atoms with van der Waals surface area (Å²) in [5, 5.41) is 11.5. The summed E-state index contributed by atoms with van der Waals surface area (Å²) >= 11 is 0. The molecule has 4 aromatic carbocycles. The van der Waals surface area contributed by atoms with Crippen LogP contribution in [-0.2, 0) is 0 Å². The van der Waals surface area contributed by atoms with Gasteiger partial charge < -0.3 is 15.1 Å². The molecule has 3 aromatic heterocycles. The molecular weight excluding hydrogens is 615 g/mol. The molecule has 1 atom stereocenters. The zero-order valence-corrected chi connectivity index (χ0v) is 27.0. The molecule has 6 heteroatoms. The van der Waals surface area contributed by atoms with Crippen molar-refractivity contribution in [3.8, 4) is 44.5 Å². The van der Waals surface area contributed by atoms with Crippen LogP contribution >= 0.6 is 0 Å². The molecule has 6 nitrogen and oxygen atoms in total. The summed E-state index contributed by atoms with van der Waals surface area (Å²) in [7, 11) is 0. The van der Waals surface area contributed by atoms with Crippen LogP contribution in [-0.4, -0.2) is 31.3 Å². The third-order valence-corrected chi connectivity index (χ3v) is 9.19. The van der Waals surface area contributed by atoms with E-state index in [9.17, 15) is 5.11 Å². The highest BCUT2D eigenvalue weighted by Crippen LogP contribution is 2.38. The number of hydrogen-bond acceptors (Lipinski definition) is 4. The standard InChI is InChI=1S/C44H31N5O/c50-44-43-42(31-19-11-4-12-20-31)37-26-25-35(48-37)40(29-15-7-2-8-16-29)33-22-21-32(46-33)39(28-13-5-1-6-14-28)34-23-24-36(47-34)41(38(49-43)27-45-44)30-17-9-3-10-18-30/h1-27,44,47-48,50H. The molecule has 9 rings (SSSR count). The molecule has 0 fully saturated rings. The Morgan fingerprint density at radius 2 is 0.760 bits per heavy atom. The van der Waals surface area contributed by atoms with E-state index in [0.29, 0.717) is 11.4 Å². The summed E-state index contributed by atoms with van der Waals surface area (Å²) in [5.41, 5.74) is 13.9. The van der Waals surface area contributed by atoms with Gasteiger partial charge in [-0.2, -0.15) is 0 Å². The minimum absolute atomic E-state index is 0.459. The van der Waals surface area contributed by atoms with Gasteiger partial charge in [-0.25, -0.2) is 9.97 Å². The van der Waals surface area contributed by atoms with E-state index >= 15 is 0 Å². The highest BCUT2D eigenvalue weighted by atomic mass is 16.3. The zero-order valence-electron chi connectivity index (χ0n) is 27.0. The molecule has 1 unspecified atom stereocenters. The van der Waals surface area contributed by atoms with Gasteiger partial charge in [0.1, 0.15) is 5.69 Å².